The van der Waals surface area contributed by atoms with Gasteiger partial charge in [-0.15, -0.1) is 0 Å². The molecule has 2 aliphatic carbocycles. The molecule has 17 rings (SSSR count). The summed E-state index contributed by atoms with van der Waals surface area (Å²) in [6.45, 7) is 9.01. The van der Waals surface area contributed by atoms with Crippen molar-refractivity contribution in [1.29, 1.82) is 10.5 Å². The Morgan fingerprint density at radius 2 is 0.450 bits per heavy atom. The summed E-state index contributed by atoms with van der Waals surface area (Å²) >= 11 is 0. The molecule has 100 heavy (non-hydrogen) atoms. The zero-order valence-electron chi connectivity index (χ0n) is 55.9. The molecule has 0 saturated carbocycles. The molecule has 0 atom stereocenters. The van der Waals surface area contributed by atoms with Crippen LogP contribution >= 0.6 is 0 Å². The van der Waals surface area contributed by atoms with Crippen LogP contribution in [0.2, 0.25) is 0 Å². The zero-order valence-corrected chi connectivity index (χ0v) is 55.9. The van der Waals surface area contributed by atoms with Crippen LogP contribution in [0.25, 0.3) is 146 Å². The summed E-state index contributed by atoms with van der Waals surface area (Å²) in [6.07, 6.45) is 0. The first-order chi connectivity index (χ1) is 48.9. The van der Waals surface area contributed by atoms with Crippen molar-refractivity contribution in [3.05, 3.63) is 361 Å². The third-order valence-electron chi connectivity index (χ3n) is 19.9. The summed E-state index contributed by atoms with van der Waals surface area (Å²) in [5.41, 5.74) is 32.3. The summed E-state index contributed by atoms with van der Waals surface area (Å²) in [4.78, 5) is 20.1. The average molecular weight is 1280 g/mol. The van der Waals surface area contributed by atoms with Gasteiger partial charge in [0.1, 0.15) is 0 Å². The van der Waals surface area contributed by atoms with Crippen LogP contribution in [-0.2, 0) is 10.8 Å². The lowest BCUT2D eigenvalue weighted by atomic mass is 9.81. The van der Waals surface area contributed by atoms with Crippen molar-refractivity contribution in [2.75, 3.05) is 0 Å². The molecule has 0 aliphatic heterocycles. The van der Waals surface area contributed by atoms with Crippen molar-refractivity contribution in [2.45, 2.75) is 38.5 Å². The van der Waals surface area contributed by atoms with E-state index in [0.717, 1.165) is 84.0 Å². The Labute approximate surface area is 584 Å². The van der Waals surface area contributed by atoms with Crippen LogP contribution in [0.3, 0.4) is 0 Å². The van der Waals surface area contributed by atoms with E-state index in [2.05, 4.69) is 282 Å². The third-order valence-corrected chi connectivity index (χ3v) is 19.9. The fourth-order valence-corrected chi connectivity index (χ4v) is 14.4. The van der Waals surface area contributed by atoms with E-state index in [-0.39, 0.29) is 10.8 Å². The monoisotopic (exact) mass is 1280 g/mol. The molecule has 0 fully saturated rings. The number of benzene rings is 13. The van der Waals surface area contributed by atoms with Crippen LogP contribution in [0, 0.1) is 22.7 Å². The Morgan fingerprint density at radius 1 is 0.210 bits per heavy atom. The van der Waals surface area contributed by atoms with Crippen LogP contribution < -0.4 is 0 Å². The van der Waals surface area contributed by atoms with E-state index < -0.39 is 0 Å². The maximum Gasteiger partial charge on any atom is 0.160 e. The van der Waals surface area contributed by atoms with E-state index in [1.807, 2.05) is 84.9 Å². The number of fused-ring (bicyclic) bond motifs is 6. The molecule has 0 saturated heterocycles. The molecule has 2 aliphatic rings. The normalized spacial score (nSPS) is 12.5. The minimum Gasteiger partial charge on any atom is -0.228 e. The molecule has 13 aromatic carbocycles. The second kappa shape index (κ2) is 25.9. The van der Waals surface area contributed by atoms with Gasteiger partial charge in [-0.2, -0.15) is 10.5 Å². The van der Waals surface area contributed by atoms with E-state index in [9.17, 15) is 10.5 Å². The third kappa shape index (κ3) is 11.8. The van der Waals surface area contributed by atoms with Crippen LogP contribution in [0.5, 0.6) is 0 Å². The number of hydrogen-bond acceptors (Lipinski definition) is 6. The van der Waals surface area contributed by atoms with Gasteiger partial charge in [0.05, 0.1) is 46.0 Å². The van der Waals surface area contributed by atoms with Crippen molar-refractivity contribution in [2.24, 2.45) is 0 Å². The van der Waals surface area contributed by atoms with Gasteiger partial charge in [-0.3, -0.25) is 0 Å². The molecule has 0 N–H and O–H groups in total. The zero-order chi connectivity index (χ0) is 67.9. The first-order valence-electron chi connectivity index (χ1n) is 33.8. The Kier molecular flexibility index (Phi) is 16.0. The van der Waals surface area contributed by atoms with Gasteiger partial charge in [-0.1, -0.05) is 295 Å². The number of hydrogen-bond donors (Lipinski definition) is 0. The number of aromatic nitrogens is 4. The lowest BCUT2D eigenvalue weighted by Crippen LogP contribution is -2.15. The van der Waals surface area contributed by atoms with E-state index in [1.165, 1.54) is 72.3 Å². The highest BCUT2D eigenvalue weighted by molar-refractivity contribution is 5.87. The highest BCUT2D eigenvalue weighted by Gasteiger charge is 2.37. The summed E-state index contributed by atoms with van der Waals surface area (Å²) in [6, 6.07) is 119. The van der Waals surface area contributed by atoms with Crippen molar-refractivity contribution < 1.29 is 0 Å². The smallest absolute Gasteiger partial charge is 0.160 e. The van der Waals surface area contributed by atoms with Gasteiger partial charge in [0.15, 0.2) is 11.6 Å². The molecule has 0 unspecified atom stereocenters. The molecule has 0 spiro atoms. The lowest BCUT2D eigenvalue weighted by Gasteiger charge is -2.22. The van der Waals surface area contributed by atoms with Crippen molar-refractivity contribution in [1.82, 2.24) is 19.9 Å². The molecule has 0 radical (unpaired) electrons. The minimum absolute atomic E-state index is 0.171. The number of nitrogens with zero attached hydrogens (tertiary/aromatic N) is 6. The van der Waals surface area contributed by atoms with Crippen LogP contribution in [0.15, 0.2) is 328 Å². The molecule has 15 aromatic rings. The second-order valence-electron chi connectivity index (χ2n) is 26.8. The van der Waals surface area contributed by atoms with Crippen LogP contribution in [0.4, 0.5) is 0 Å². The SMILES string of the molecule is CC1(C)c2cc(C#N)ccc2-c2ccc(-c3ccc(-c4cccc(-c5cc(-c6ccccc6)nc(-c6ccc(-c7ccccc7)cc6)n5)c4)cc3)cc21.CC1(C)c2cc(C#N)ccc2-c2ccc(-c3ccc(-c4cccc(-c5cc(-c6ccccc6)nc(-c6ccccc6)n5)c4)cc3)cc21. The Bertz CT molecular complexity index is 5630. The predicted molar refractivity (Wildman–Crippen MR) is 408 cm³/mol. The molecule has 0 bridgehead atoms. The first kappa shape index (κ1) is 61.8. The Hall–Kier alpha value is -13.0. The van der Waals surface area contributed by atoms with Gasteiger partial charge >= 0.3 is 0 Å². The summed E-state index contributed by atoms with van der Waals surface area (Å²) in [7, 11) is 0. The standard InChI is InChI=1S/C50H35N3.C44H31N3/c1-50(2)45-28-33(32-51)16-26-43(45)44-27-25-41(30-46(44)50)37-19-17-36(18-20-37)40-14-9-15-42(29-40)48-31-47(38-12-7-4-8-13-38)52-49(53-48)39-23-21-35(22-24-39)34-10-5-3-6-11-34;1-44(2)39-24-29(28-45)16-22-37(39)38-23-21-35(26-40(38)44)31-19-17-30(18-20-31)34-14-9-15-36(25-34)42-27-41(32-10-5-3-6-11-32)46-43(47-42)33-12-7-4-8-13-33/h3-31H,1-2H3;3-27H,1-2H3. The molecule has 0 amide bonds. The first-order valence-corrected chi connectivity index (χ1v) is 33.8. The molecule has 2 aromatic heterocycles. The highest BCUT2D eigenvalue weighted by atomic mass is 14.9. The van der Waals surface area contributed by atoms with Crippen molar-refractivity contribution in [3.8, 4) is 158 Å². The van der Waals surface area contributed by atoms with Crippen LogP contribution in [0.1, 0.15) is 61.1 Å². The van der Waals surface area contributed by atoms with Gasteiger partial charge in [0, 0.05) is 44.2 Å². The Balaban J connectivity index is 0.000000157. The van der Waals surface area contributed by atoms with Crippen LogP contribution in [-0.4, -0.2) is 19.9 Å². The minimum atomic E-state index is -0.180. The van der Waals surface area contributed by atoms with E-state index in [1.54, 1.807) is 0 Å². The topological polar surface area (TPSA) is 99.1 Å². The van der Waals surface area contributed by atoms with E-state index in [0.29, 0.717) is 22.8 Å². The quantitative estimate of drug-likeness (QED) is 0.128. The molecule has 2 heterocycles. The summed E-state index contributed by atoms with van der Waals surface area (Å²) in [5, 5.41) is 19.0. The highest BCUT2D eigenvalue weighted by Crippen LogP contribution is 2.52. The van der Waals surface area contributed by atoms with Crippen molar-refractivity contribution in [3.63, 3.8) is 0 Å². The molecular weight excluding hydrogens is 1210 g/mol. The maximum atomic E-state index is 9.52. The average Bonchev–Trinajstić information content (AvgIpc) is 1.59. The molecular formula is C94H66N6. The van der Waals surface area contributed by atoms with Gasteiger partial charge in [0.25, 0.3) is 0 Å². The van der Waals surface area contributed by atoms with Crippen molar-refractivity contribution >= 4 is 0 Å². The predicted octanol–water partition coefficient (Wildman–Crippen LogP) is 23.6. The van der Waals surface area contributed by atoms with E-state index >= 15 is 0 Å². The molecule has 472 valence electrons. The molecule has 6 heteroatoms. The number of nitriles is 2. The van der Waals surface area contributed by atoms with Gasteiger partial charge < -0.3 is 0 Å². The second-order valence-corrected chi connectivity index (χ2v) is 26.8. The lowest BCUT2D eigenvalue weighted by molar-refractivity contribution is 0.660. The number of rotatable bonds is 11. The summed E-state index contributed by atoms with van der Waals surface area (Å²) in [5.74, 6) is 1.41. The van der Waals surface area contributed by atoms with Gasteiger partial charge in [0.2, 0.25) is 0 Å². The van der Waals surface area contributed by atoms with E-state index in [4.69, 9.17) is 19.9 Å². The summed E-state index contributed by atoms with van der Waals surface area (Å²) < 4.78 is 0. The van der Waals surface area contributed by atoms with Gasteiger partial charge in [-0.25, -0.2) is 19.9 Å². The van der Waals surface area contributed by atoms with Gasteiger partial charge in [-0.05, 0) is 161 Å². The molecule has 6 nitrogen and oxygen atoms in total. The fraction of sp³-hybridized carbons (Fsp3) is 0.0638. The fourth-order valence-electron chi connectivity index (χ4n) is 14.4. The maximum absolute atomic E-state index is 9.52. The largest absolute Gasteiger partial charge is 0.228 e. The Morgan fingerprint density at radius 3 is 0.810 bits per heavy atom.